The van der Waals surface area contributed by atoms with Gasteiger partial charge in [0.1, 0.15) is 11.6 Å². The first kappa shape index (κ1) is 16.6. The Morgan fingerprint density at radius 2 is 0.962 bits per heavy atom. The van der Waals surface area contributed by atoms with Crippen molar-refractivity contribution in [1.29, 1.82) is 0 Å². The van der Waals surface area contributed by atoms with Crippen LogP contribution in [0.2, 0.25) is 0 Å². The molecule has 0 radical (unpaired) electrons. The van der Waals surface area contributed by atoms with E-state index in [-0.39, 0.29) is 11.6 Å². The number of halogens is 2. The number of hydrogen-bond acceptors (Lipinski definition) is 0. The summed E-state index contributed by atoms with van der Waals surface area (Å²) in [4.78, 5) is 0. The first-order valence-electron chi connectivity index (χ1n) is 8.30. The summed E-state index contributed by atoms with van der Waals surface area (Å²) in [7, 11) is 0.785. The van der Waals surface area contributed by atoms with Crippen molar-refractivity contribution in [3.8, 4) is 32.8 Å². The number of benzene rings is 3. The smallest absolute Gasteiger partial charge is 0.131 e. The van der Waals surface area contributed by atoms with E-state index in [0.717, 1.165) is 29.9 Å². The molecule has 0 N–H and O–H groups in total. The van der Waals surface area contributed by atoms with Gasteiger partial charge in [0, 0.05) is 21.7 Å². The molecule has 0 atom stereocenters. The highest BCUT2D eigenvalue weighted by atomic mass is 31.0. The summed E-state index contributed by atoms with van der Waals surface area (Å²) in [5, 5.41) is 1.64. The van der Waals surface area contributed by atoms with Crippen LogP contribution in [0.5, 0.6) is 0 Å². The van der Waals surface area contributed by atoms with E-state index < -0.39 is 0 Å². The Morgan fingerprint density at radius 1 is 0.500 bits per heavy atom. The molecule has 0 unspecified atom stereocenters. The Bertz CT molecular complexity index is 995. The molecule has 0 saturated heterocycles. The van der Waals surface area contributed by atoms with E-state index in [4.69, 9.17) is 0 Å². The van der Waals surface area contributed by atoms with Crippen molar-refractivity contribution < 1.29 is 8.78 Å². The molecule has 4 aromatic rings. The van der Waals surface area contributed by atoms with Crippen LogP contribution in [0.1, 0.15) is 0 Å². The molecule has 1 aromatic heterocycles. The summed E-state index contributed by atoms with van der Waals surface area (Å²) in [6, 6.07) is 27.3. The quantitative estimate of drug-likeness (QED) is 0.354. The predicted molar refractivity (Wildman–Crippen MR) is 105 cm³/mol. The molecule has 1 heterocycles. The molecule has 3 aromatic carbocycles. The van der Waals surface area contributed by atoms with Crippen LogP contribution >= 0.6 is 8.19 Å². The van der Waals surface area contributed by atoms with Gasteiger partial charge < -0.3 is 0 Å². The Morgan fingerprint density at radius 3 is 1.46 bits per heavy atom. The van der Waals surface area contributed by atoms with Crippen LogP contribution in [0.4, 0.5) is 8.78 Å². The van der Waals surface area contributed by atoms with Crippen molar-refractivity contribution in [2.75, 3.05) is 0 Å². The van der Waals surface area contributed by atoms with E-state index in [0.29, 0.717) is 11.1 Å². The molecular weight excluding hydrogens is 345 g/mol. The molecule has 0 aliphatic heterocycles. The average Bonchev–Trinajstić information content (AvgIpc) is 2.69. The van der Waals surface area contributed by atoms with Crippen LogP contribution in [0.3, 0.4) is 0 Å². The van der Waals surface area contributed by atoms with E-state index >= 15 is 0 Å². The molecular formula is C23H15F2P. The van der Waals surface area contributed by atoms with E-state index in [1.807, 2.05) is 54.6 Å². The number of hydrogen-bond donors (Lipinski definition) is 0. The molecule has 0 saturated carbocycles. The third kappa shape index (κ3) is 3.29. The normalized spacial score (nSPS) is 10.7. The van der Waals surface area contributed by atoms with Gasteiger partial charge in [-0.05, 0) is 35.4 Å². The lowest BCUT2D eigenvalue weighted by Gasteiger charge is -2.11. The van der Waals surface area contributed by atoms with Crippen LogP contribution in [0.25, 0.3) is 32.8 Å². The Hall–Kier alpha value is -2.83. The van der Waals surface area contributed by atoms with Gasteiger partial charge >= 0.3 is 0 Å². The fraction of sp³-hybridized carbons (Fsp3) is 0. The minimum atomic E-state index is -0.270. The Kier molecular flexibility index (Phi) is 4.60. The third-order valence-electron chi connectivity index (χ3n) is 4.23. The second kappa shape index (κ2) is 7.19. The highest BCUT2D eigenvalue weighted by Crippen LogP contribution is 2.42. The summed E-state index contributed by atoms with van der Waals surface area (Å²) in [5.41, 5.74) is 3.06. The summed E-state index contributed by atoms with van der Waals surface area (Å²) < 4.78 is 28.7. The zero-order valence-electron chi connectivity index (χ0n) is 13.9. The van der Waals surface area contributed by atoms with Crippen LogP contribution in [-0.4, -0.2) is 0 Å². The van der Waals surface area contributed by atoms with Crippen molar-refractivity contribution in [2.45, 2.75) is 0 Å². The minimum absolute atomic E-state index is 0.270. The largest absolute Gasteiger partial charge is 0.206 e. The highest BCUT2D eigenvalue weighted by Gasteiger charge is 2.12. The molecule has 0 nitrogen and oxygen atoms in total. The van der Waals surface area contributed by atoms with Gasteiger partial charge in [-0.3, -0.25) is 0 Å². The fourth-order valence-electron chi connectivity index (χ4n) is 2.94. The second-order valence-electron chi connectivity index (χ2n) is 5.95. The van der Waals surface area contributed by atoms with E-state index in [9.17, 15) is 8.78 Å². The van der Waals surface area contributed by atoms with Crippen LogP contribution in [0.15, 0.2) is 91.0 Å². The third-order valence-corrected chi connectivity index (χ3v) is 5.45. The van der Waals surface area contributed by atoms with Gasteiger partial charge in [0.05, 0.1) is 0 Å². The lowest BCUT2D eigenvalue weighted by atomic mass is 10.0. The van der Waals surface area contributed by atoms with Gasteiger partial charge in [0.15, 0.2) is 0 Å². The fourth-order valence-corrected chi connectivity index (χ4v) is 4.21. The van der Waals surface area contributed by atoms with Crippen LogP contribution in [-0.2, 0) is 0 Å². The molecule has 0 aliphatic rings. The SMILES string of the molecule is Fc1ccccc1-c1cc(-c2ccccc2)cc(-c2ccccc2F)p1. The maximum absolute atomic E-state index is 14.4. The molecule has 0 bridgehead atoms. The maximum Gasteiger partial charge on any atom is 0.131 e. The zero-order chi connectivity index (χ0) is 17.9. The van der Waals surface area contributed by atoms with Crippen LogP contribution < -0.4 is 0 Å². The lowest BCUT2D eigenvalue weighted by molar-refractivity contribution is 0.631. The first-order valence-corrected chi connectivity index (χ1v) is 9.19. The molecule has 0 spiro atoms. The standard InChI is InChI=1S/C23H15F2P/c24-20-12-6-4-10-18(20)22-14-17(16-8-2-1-3-9-16)15-23(26-22)19-11-5-7-13-21(19)25/h1-15H. The van der Waals surface area contributed by atoms with Gasteiger partial charge in [0.25, 0.3) is 0 Å². The van der Waals surface area contributed by atoms with Crippen molar-refractivity contribution in [1.82, 2.24) is 0 Å². The predicted octanol–water partition coefficient (Wildman–Crippen LogP) is 7.55. The monoisotopic (exact) mass is 360 g/mol. The molecule has 126 valence electrons. The summed E-state index contributed by atoms with van der Waals surface area (Å²) >= 11 is 0. The molecule has 0 amide bonds. The average molecular weight is 360 g/mol. The van der Waals surface area contributed by atoms with Gasteiger partial charge in [-0.1, -0.05) is 74.9 Å². The lowest BCUT2D eigenvalue weighted by Crippen LogP contribution is -1.86. The molecule has 0 aliphatic carbocycles. The molecule has 4 rings (SSSR count). The summed E-state index contributed by atoms with van der Waals surface area (Å²) in [6.07, 6.45) is 0. The van der Waals surface area contributed by atoms with Crippen molar-refractivity contribution in [2.24, 2.45) is 0 Å². The second-order valence-corrected chi connectivity index (χ2v) is 7.14. The molecule has 0 fully saturated rings. The summed E-state index contributed by atoms with van der Waals surface area (Å²) in [6.45, 7) is 0. The van der Waals surface area contributed by atoms with Gasteiger partial charge in [-0.25, -0.2) is 8.78 Å². The summed E-state index contributed by atoms with van der Waals surface area (Å²) in [5.74, 6) is -0.540. The first-order chi connectivity index (χ1) is 12.7. The number of rotatable bonds is 3. The van der Waals surface area contributed by atoms with Crippen LogP contribution in [0, 0.1) is 11.6 Å². The Balaban J connectivity index is 1.97. The van der Waals surface area contributed by atoms with Crippen molar-refractivity contribution in [3.05, 3.63) is 103 Å². The Labute approximate surface area is 152 Å². The van der Waals surface area contributed by atoms with Gasteiger partial charge in [-0.2, -0.15) is 0 Å². The topological polar surface area (TPSA) is 0 Å². The van der Waals surface area contributed by atoms with Crippen molar-refractivity contribution in [3.63, 3.8) is 0 Å². The van der Waals surface area contributed by atoms with E-state index in [1.165, 1.54) is 12.1 Å². The van der Waals surface area contributed by atoms with Gasteiger partial charge in [0.2, 0.25) is 0 Å². The minimum Gasteiger partial charge on any atom is -0.206 e. The van der Waals surface area contributed by atoms with Gasteiger partial charge in [-0.15, -0.1) is 0 Å². The molecule has 3 heteroatoms. The molecule has 26 heavy (non-hydrogen) atoms. The highest BCUT2D eigenvalue weighted by molar-refractivity contribution is 7.37. The van der Waals surface area contributed by atoms with E-state index in [2.05, 4.69) is 0 Å². The van der Waals surface area contributed by atoms with Crippen molar-refractivity contribution >= 4 is 8.19 Å². The van der Waals surface area contributed by atoms with E-state index in [1.54, 1.807) is 24.3 Å². The maximum atomic E-state index is 14.4. The zero-order valence-corrected chi connectivity index (χ0v) is 14.8.